The summed E-state index contributed by atoms with van der Waals surface area (Å²) in [4.78, 5) is 23.3. The van der Waals surface area contributed by atoms with E-state index in [4.69, 9.17) is 9.47 Å². The summed E-state index contributed by atoms with van der Waals surface area (Å²) in [5.74, 6) is 0.454. The summed E-state index contributed by atoms with van der Waals surface area (Å²) in [6.45, 7) is 4.52. The zero-order valence-corrected chi connectivity index (χ0v) is 15.5. The van der Waals surface area contributed by atoms with Crippen LogP contribution in [0, 0.1) is 10.1 Å². The molecule has 0 saturated carbocycles. The van der Waals surface area contributed by atoms with Gasteiger partial charge in [0.2, 0.25) is 5.90 Å². The summed E-state index contributed by atoms with van der Waals surface area (Å²) in [5.41, 5.74) is 1.36. The number of anilines is 1. The number of ether oxygens (including phenoxy) is 2. The number of benzene rings is 2. The maximum atomic E-state index is 13.0. The number of nitro benzene ring substituents is 1. The molecule has 0 aliphatic carbocycles. The first-order valence-corrected chi connectivity index (χ1v) is 8.79. The summed E-state index contributed by atoms with van der Waals surface area (Å²) in [7, 11) is 0. The van der Waals surface area contributed by atoms with Crippen LogP contribution < -0.4 is 9.75 Å². The molecule has 2 aromatic carbocycles. The second-order valence-corrected chi connectivity index (χ2v) is 5.76. The van der Waals surface area contributed by atoms with Gasteiger partial charge < -0.3 is 9.47 Å². The minimum atomic E-state index is -0.500. The first-order chi connectivity index (χ1) is 13.5. The Morgan fingerprint density at radius 2 is 1.75 bits per heavy atom. The number of hydrazone groups is 1. The van der Waals surface area contributed by atoms with Crippen molar-refractivity contribution in [2.75, 3.05) is 18.2 Å². The average molecular weight is 381 g/mol. The number of amides is 1. The highest BCUT2D eigenvalue weighted by atomic mass is 16.6. The lowest BCUT2D eigenvalue weighted by Crippen LogP contribution is -2.21. The molecule has 3 rings (SSSR count). The van der Waals surface area contributed by atoms with Gasteiger partial charge in [-0.2, -0.15) is 5.01 Å². The van der Waals surface area contributed by atoms with Gasteiger partial charge in [-0.3, -0.25) is 14.9 Å². The molecule has 2 aromatic rings. The molecular weight excluding hydrogens is 362 g/mol. The molecule has 0 bridgehead atoms. The highest BCUT2D eigenvalue weighted by Gasteiger charge is 2.33. The smallest absolute Gasteiger partial charge is 0.284 e. The monoisotopic (exact) mass is 381 g/mol. The lowest BCUT2D eigenvalue weighted by Gasteiger charge is -2.11. The van der Waals surface area contributed by atoms with Gasteiger partial charge in [-0.15, -0.1) is 5.10 Å². The average Bonchev–Trinajstić information content (AvgIpc) is 3.00. The summed E-state index contributed by atoms with van der Waals surface area (Å²) in [6.07, 6.45) is 1.67. The third-order valence-electron chi connectivity index (χ3n) is 3.95. The largest absolute Gasteiger partial charge is 0.493 e. The molecule has 1 aliphatic heterocycles. The highest BCUT2D eigenvalue weighted by Crippen LogP contribution is 2.29. The molecule has 8 heteroatoms. The van der Waals surface area contributed by atoms with Crippen LogP contribution in [-0.2, 0) is 9.53 Å². The van der Waals surface area contributed by atoms with Crippen molar-refractivity contribution >= 4 is 29.3 Å². The molecule has 28 heavy (non-hydrogen) atoms. The zero-order valence-electron chi connectivity index (χ0n) is 15.5. The van der Waals surface area contributed by atoms with E-state index in [9.17, 15) is 14.9 Å². The van der Waals surface area contributed by atoms with E-state index in [2.05, 4.69) is 5.10 Å². The van der Waals surface area contributed by atoms with Gasteiger partial charge in [-0.25, -0.2) is 0 Å². The Kier molecular flexibility index (Phi) is 5.69. The number of hydrogen-bond donors (Lipinski definition) is 0. The second-order valence-electron chi connectivity index (χ2n) is 5.76. The van der Waals surface area contributed by atoms with Crippen LogP contribution in [-0.4, -0.2) is 29.9 Å². The van der Waals surface area contributed by atoms with Crippen molar-refractivity contribution in [3.8, 4) is 5.75 Å². The number of carbonyl (C=O) groups excluding carboxylic acids is 1. The molecule has 144 valence electrons. The Morgan fingerprint density at radius 1 is 1.07 bits per heavy atom. The van der Waals surface area contributed by atoms with Crippen molar-refractivity contribution in [3.63, 3.8) is 0 Å². The third kappa shape index (κ3) is 3.85. The van der Waals surface area contributed by atoms with E-state index < -0.39 is 4.92 Å². The minimum Gasteiger partial charge on any atom is -0.493 e. The third-order valence-corrected chi connectivity index (χ3v) is 3.95. The van der Waals surface area contributed by atoms with Crippen LogP contribution in [0.2, 0.25) is 0 Å². The van der Waals surface area contributed by atoms with E-state index in [1.807, 2.05) is 31.2 Å². The van der Waals surface area contributed by atoms with E-state index in [0.717, 1.165) is 5.56 Å². The fourth-order valence-corrected chi connectivity index (χ4v) is 2.70. The Morgan fingerprint density at radius 3 is 2.39 bits per heavy atom. The first-order valence-electron chi connectivity index (χ1n) is 8.79. The lowest BCUT2D eigenvalue weighted by atomic mass is 10.1. The number of rotatable bonds is 6. The van der Waals surface area contributed by atoms with Crippen molar-refractivity contribution in [1.29, 1.82) is 0 Å². The molecule has 0 radical (unpaired) electrons. The first kappa shape index (κ1) is 19.1. The van der Waals surface area contributed by atoms with Gasteiger partial charge in [0.15, 0.2) is 0 Å². The minimum absolute atomic E-state index is 0.0641. The summed E-state index contributed by atoms with van der Waals surface area (Å²) >= 11 is 0. The Bertz CT molecular complexity index is 951. The van der Waals surface area contributed by atoms with Gasteiger partial charge in [0.25, 0.3) is 11.6 Å². The van der Waals surface area contributed by atoms with E-state index >= 15 is 0 Å². The van der Waals surface area contributed by atoms with Crippen molar-refractivity contribution in [2.24, 2.45) is 5.10 Å². The molecule has 0 N–H and O–H groups in total. The Labute approximate surface area is 161 Å². The SMILES string of the molecule is CCOC1=NN(c2ccc([N+](=O)[O-])cc2)C(=O)/C1=C\c1ccccc1OCC. The molecule has 8 nitrogen and oxygen atoms in total. The standard InChI is InChI=1S/C20H19N3O5/c1-3-27-18-8-6-5-7-14(18)13-17-19(28-4-2)21-22(20(17)24)15-9-11-16(12-10-15)23(25)26/h5-13H,3-4H2,1-2H3/b17-13-. The molecule has 0 aromatic heterocycles. The quantitative estimate of drug-likeness (QED) is 0.431. The molecule has 0 fully saturated rings. The van der Waals surface area contributed by atoms with Crippen LogP contribution in [0.15, 0.2) is 59.2 Å². The predicted molar refractivity (Wildman–Crippen MR) is 105 cm³/mol. The van der Waals surface area contributed by atoms with E-state index in [1.165, 1.54) is 29.3 Å². The molecule has 1 aliphatic rings. The predicted octanol–water partition coefficient (Wildman–Crippen LogP) is 3.77. The highest BCUT2D eigenvalue weighted by molar-refractivity contribution is 6.30. The van der Waals surface area contributed by atoms with Gasteiger partial charge in [0, 0.05) is 17.7 Å². The molecule has 0 saturated heterocycles. The molecule has 0 atom stereocenters. The van der Waals surface area contributed by atoms with Crippen molar-refractivity contribution < 1.29 is 19.2 Å². The summed E-state index contributed by atoms with van der Waals surface area (Å²) < 4.78 is 11.2. The van der Waals surface area contributed by atoms with Crippen LogP contribution in [0.1, 0.15) is 19.4 Å². The number of nitrogens with zero attached hydrogens (tertiary/aromatic N) is 3. The van der Waals surface area contributed by atoms with Gasteiger partial charge >= 0.3 is 0 Å². The van der Waals surface area contributed by atoms with Crippen LogP contribution in [0.3, 0.4) is 0 Å². The Balaban J connectivity index is 1.98. The summed E-state index contributed by atoms with van der Waals surface area (Å²) in [5, 5.41) is 16.3. The van der Waals surface area contributed by atoms with Gasteiger partial charge in [-0.1, -0.05) is 18.2 Å². The molecule has 0 unspecified atom stereocenters. The summed E-state index contributed by atoms with van der Waals surface area (Å²) in [6, 6.07) is 12.9. The molecule has 1 amide bonds. The van der Waals surface area contributed by atoms with Crippen LogP contribution in [0.4, 0.5) is 11.4 Å². The fraction of sp³-hybridized carbons (Fsp3) is 0.200. The van der Waals surface area contributed by atoms with E-state index in [-0.39, 0.29) is 23.1 Å². The van der Waals surface area contributed by atoms with Crippen molar-refractivity contribution in [3.05, 3.63) is 69.8 Å². The molecule has 1 heterocycles. The normalized spacial score (nSPS) is 14.9. The number of nitro groups is 1. The molecular formula is C20H19N3O5. The maximum Gasteiger partial charge on any atom is 0.284 e. The molecule has 0 spiro atoms. The van der Waals surface area contributed by atoms with Crippen LogP contribution in [0.25, 0.3) is 6.08 Å². The second kappa shape index (κ2) is 8.34. The van der Waals surface area contributed by atoms with Gasteiger partial charge in [0.05, 0.1) is 23.8 Å². The zero-order chi connectivity index (χ0) is 20.1. The van der Waals surface area contributed by atoms with Crippen LogP contribution in [0.5, 0.6) is 5.75 Å². The topological polar surface area (TPSA) is 94.3 Å². The number of hydrogen-bond acceptors (Lipinski definition) is 6. The fourth-order valence-electron chi connectivity index (χ4n) is 2.70. The van der Waals surface area contributed by atoms with E-state index in [0.29, 0.717) is 24.7 Å². The maximum absolute atomic E-state index is 13.0. The number of carbonyl (C=O) groups is 1. The van der Waals surface area contributed by atoms with Crippen molar-refractivity contribution in [1.82, 2.24) is 0 Å². The number of para-hydroxylation sites is 1. The van der Waals surface area contributed by atoms with E-state index in [1.54, 1.807) is 13.0 Å². The van der Waals surface area contributed by atoms with Crippen molar-refractivity contribution in [2.45, 2.75) is 13.8 Å². The van der Waals surface area contributed by atoms with Crippen LogP contribution >= 0.6 is 0 Å². The van der Waals surface area contributed by atoms with Gasteiger partial charge in [0.1, 0.15) is 11.3 Å². The number of non-ortho nitro benzene ring substituents is 1. The van der Waals surface area contributed by atoms with Gasteiger partial charge in [-0.05, 0) is 38.1 Å². The lowest BCUT2D eigenvalue weighted by molar-refractivity contribution is -0.384. The Hall–Kier alpha value is -3.68.